The molecule has 0 amide bonds. The summed E-state index contributed by atoms with van der Waals surface area (Å²) in [5, 5.41) is 15.4. The Bertz CT molecular complexity index is 726. The summed E-state index contributed by atoms with van der Waals surface area (Å²) in [6.45, 7) is 4.54. The van der Waals surface area contributed by atoms with Crippen molar-refractivity contribution in [1.82, 2.24) is 25.2 Å². The first-order valence-electron chi connectivity index (χ1n) is 9.11. The van der Waals surface area contributed by atoms with Crippen molar-refractivity contribution in [2.75, 3.05) is 13.1 Å². The summed E-state index contributed by atoms with van der Waals surface area (Å²) in [6.07, 6.45) is 8.95. The molecule has 24 heavy (non-hydrogen) atoms. The molecule has 0 saturated heterocycles. The Labute approximate surface area is 142 Å². The predicted molar refractivity (Wildman–Crippen MR) is 94.8 cm³/mol. The van der Waals surface area contributed by atoms with Crippen LogP contribution in [0.2, 0.25) is 0 Å². The summed E-state index contributed by atoms with van der Waals surface area (Å²) in [6, 6.07) is 5.92. The summed E-state index contributed by atoms with van der Waals surface area (Å²) >= 11 is 0. The highest BCUT2D eigenvalue weighted by Crippen LogP contribution is 2.56. The summed E-state index contributed by atoms with van der Waals surface area (Å²) in [7, 11) is 0. The fourth-order valence-corrected chi connectivity index (χ4v) is 3.81. The highest BCUT2D eigenvalue weighted by atomic mass is 15.3. The third kappa shape index (κ3) is 2.97. The zero-order chi connectivity index (χ0) is 16.4. The number of pyridine rings is 1. The molecule has 2 N–H and O–H groups in total. The van der Waals surface area contributed by atoms with Crippen molar-refractivity contribution < 1.29 is 0 Å². The molecule has 2 fully saturated rings. The van der Waals surface area contributed by atoms with E-state index in [9.17, 15) is 0 Å². The Hall–Kier alpha value is -2.11. The third-order valence-corrected chi connectivity index (χ3v) is 5.51. The Morgan fingerprint density at radius 1 is 1.29 bits per heavy atom. The average molecular weight is 326 g/mol. The van der Waals surface area contributed by atoms with Crippen molar-refractivity contribution in [3.8, 4) is 0 Å². The van der Waals surface area contributed by atoms with Crippen LogP contribution >= 0.6 is 0 Å². The van der Waals surface area contributed by atoms with Gasteiger partial charge in [-0.3, -0.25) is 4.40 Å². The number of aromatic nitrogens is 3. The van der Waals surface area contributed by atoms with Crippen molar-refractivity contribution in [3.63, 3.8) is 0 Å². The molecule has 6 heteroatoms. The summed E-state index contributed by atoms with van der Waals surface area (Å²) < 4.78 is 1.99. The minimum absolute atomic E-state index is 0.525. The van der Waals surface area contributed by atoms with Crippen LogP contribution in [0.15, 0.2) is 29.4 Å². The molecule has 2 aliphatic rings. The number of nitrogens with zero attached hydrogens (tertiary/aromatic N) is 4. The van der Waals surface area contributed by atoms with E-state index in [1.165, 1.54) is 32.1 Å². The lowest BCUT2D eigenvalue weighted by Gasteiger charge is -2.43. The predicted octanol–water partition coefficient (Wildman–Crippen LogP) is 2.36. The van der Waals surface area contributed by atoms with Gasteiger partial charge in [-0.2, -0.15) is 0 Å². The molecule has 2 aromatic heterocycles. The molecule has 0 bridgehead atoms. The molecule has 0 spiro atoms. The lowest BCUT2D eigenvalue weighted by Crippen LogP contribution is -2.47. The zero-order valence-electron chi connectivity index (χ0n) is 14.3. The topological polar surface area (TPSA) is 66.6 Å². The van der Waals surface area contributed by atoms with Gasteiger partial charge in [-0.25, -0.2) is 4.99 Å². The van der Waals surface area contributed by atoms with E-state index < -0.39 is 0 Å². The fraction of sp³-hybridized carbons (Fsp3) is 0.611. The maximum absolute atomic E-state index is 4.72. The Morgan fingerprint density at radius 3 is 2.88 bits per heavy atom. The molecule has 0 unspecified atom stereocenters. The second-order valence-electron chi connectivity index (χ2n) is 7.08. The minimum atomic E-state index is 0.525. The molecule has 0 atom stereocenters. The van der Waals surface area contributed by atoms with Crippen molar-refractivity contribution in [2.24, 2.45) is 16.3 Å². The van der Waals surface area contributed by atoms with Crippen LogP contribution in [-0.2, 0) is 6.54 Å². The van der Waals surface area contributed by atoms with Gasteiger partial charge in [0.2, 0.25) is 0 Å². The Morgan fingerprint density at radius 2 is 2.17 bits per heavy atom. The summed E-state index contributed by atoms with van der Waals surface area (Å²) in [4.78, 5) is 4.72. The van der Waals surface area contributed by atoms with Gasteiger partial charge in [-0.1, -0.05) is 12.5 Å². The first kappa shape index (κ1) is 15.4. The smallest absolute Gasteiger partial charge is 0.191 e. The molecule has 2 heterocycles. The standard InChI is InChI=1S/C18H26N6/c1-2-19-17(21-13-18(9-5-10-18)14-7-8-14)20-12-16-23-22-15-6-3-4-11-24(15)16/h3-4,6,11,14H,2,5,7-10,12-13H2,1H3,(H2,19,20,21). The van der Waals surface area contributed by atoms with E-state index >= 15 is 0 Å². The van der Waals surface area contributed by atoms with E-state index in [0.717, 1.165) is 36.4 Å². The number of hydrogen-bond donors (Lipinski definition) is 2. The van der Waals surface area contributed by atoms with Crippen molar-refractivity contribution in [3.05, 3.63) is 30.2 Å². The molecular weight excluding hydrogens is 300 g/mol. The molecule has 0 aliphatic heterocycles. The van der Waals surface area contributed by atoms with Gasteiger partial charge in [0.15, 0.2) is 17.4 Å². The Balaban J connectivity index is 1.43. The number of nitrogens with one attached hydrogen (secondary N) is 2. The SMILES string of the molecule is CCNC(=NCc1nnc2ccccn12)NCC1(C2CC2)CCC1. The minimum Gasteiger partial charge on any atom is -0.357 e. The van der Waals surface area contributed by atoms with Crippen molar-refractivity contribution >= 4 is 11.6 Å². The molecule has 2 aromatic rings. The molecule has 0 radical (unpaired) electrons. The highest BCUT2D eigenvalue weighted by molar-refractivity contribution is 5.79. The van der Waals surface area contributed by atoms with Gasteiger partial charge >= 0.3 is 0 Å². The van der Waals surface area contributed by atoms with Crippen LogP contribution in [-0.4, -0.2) is 33.6 Å². The van der Waals surface area contributed by atoms with Crippen LogP contribution in [0.4, 0.5) is 0 Å². The molecule has 2 aliphatic carbocycles. The first-order chi connectivity index (χ1) is 11.8. The highest BCUT2D eigenvalue weighted by Gasteiger charge is 2.48. The van der Waals surface area contributed by atoms with Gasteiger partial charge in [-0.15, -0.1) is 10.2 Å². The van der Waals surface area contributed by atoms with Gasteiger partial charge in [0.25, 0.3) is 0 Å². The molecule has 0 aromatic carbocycles. The van der Waals surface area contributed by atoms with Crippen LogP contribution in [0, 0.1) is 11.3 Å². The fourth-order valence-electron chi connectivity index (χ4n) is 3.81. The third-order valence-electron chi connectivity index (χ3n) is 5.51. The van der Waals surface area contributed by atoms with Gasteiger partial charge in [0.1, 0.15) is 6.54 Å². The number of rotatable bonds is 6. The van der Waals surface area contributed by atoms with Crippen LogP contribution in [0.1, 0.15) is 44.9 Å². The molecule has 128 valence electrons. The quantitative estimate of drug-likeness (QED) is 0.632. The molecular formula is C18H26N6. The number of guanidine groups is 1. The normalized spacial score (nSPS) is 20.0. The lowest BCUT2D eigenvalue weighted by molar-refractivity contribution is 0.106. The van der Waals surface area contributed by atoms with Gasteiger partial charge < -0.3 is 10.6 Å². The van der Waals surface area contributed by atoms with Gasteiger partial charge in [0, 0.05) is 19.3 Å². The zero-order valence-corrected chi connectivity index (χ0v) is 14.3. The first-order valence-corrected chi connectivity index (χ1v) is 9.11. The largest absolute Gasteiger partial charge is 0.357 e. The maximum atomic E-state index is 4.72. The van der Waals surface area contributed by atoms with Gasteiger partial charge in [-0.05, 0) is 56.1 Å². The van der Waals surface area contributed by atoms with Crippen LogP contribution in [0.5, 0.6) is 0 Å². The second-order valence-corrected chi connectivity index (χ2v) is 7.08. The van der Waals surface area contributed by atoms with E-state index in [-0.39, 0.29) is 0 Å². The van der Waals surface area contributed by atoms with E-state index in [2.05, 4.69) is 27.8 Å². The Kier molecular flexibility index (Phi) is 4.12. The number of aliphatic imine (C=N–C) groups is 1. The van der Waals surface area contributed by atoms with E-state index in [1.807, 2.05) is 28.8 Å². The van der Waals surface area contributed by atoms with E-state index in [0.29, 0.717) is 12.0 Å². The van der Waals surface area contributed by atoms with Crippen molar-refractivity contribution in [2.45, 2.75) is 45.6 Å². The lowest BCUT2D eigenvalue weighted by atomic mass is 9.65. The molecule has 2 saturated carbocycles. The second kappa shape index (κ2) is 6.42. The van der Waals surface area contributed by atoms with E-state index in [4.69, 9.17) is 4.99 Å². The van der Waals surface area contributed by atoms with Crippen molar-refractivity contribution in [1.29, 1.82) is 0 Å². The summed E-state index contributed by atoms with van der Waals surface area (Å²) in [5.74, 6) is 2.70. The van der Waals surface area contributed by atoms with E-state index in [1.54, 1.807) is 0 Å². The summed E-state index contributed by atoms with van der Waals surface area (Å²) in [5.41, 5.74) is 1.40. The maximum Gasteiger partial charge on any atom is 0.191 e. The van der Waals surface area contributed by atoms with Crippen LogP contribution < -0.4 is 10.6 Å². The average Bonchev–Trinajstić information content (AvgIpc) is 3.32. The molecule has 6 nitrogen and oxygen atoms in total. The number of fused-ring (bicyclic) bond motifs is 1. The number of hydrogen-bond acceptors (Lipinski definition) is 3. The van der Waals surface area contributed by atoms with Crippen LogP contribution in [0.25, 0.3) is 5.65 Å². The van der Waals surface area contributed by atoms with Gasteiger partial charge in [0.05, 0.1) is 0 Å². The monoisotopic (exact) mass is 326 g/mol. The van der Waals surface area contributed by atoms with Crippen LogP contribution in [0.3, 0.4) is 0 Å². The molecule has 4 rings (SSSR count).